The van der Waals surface area contributed by atoms with Crippen LogP contribution in [0.5, 0.6) is 11.5 Å². The number of halogens is 1. The van der Waals surface area contributed by atoms with E-state index in [9.17, 15) is 14.4 Å². The first-order valence-electron chi connectivity index (χ1n) is 14.8. The molecule has 0 spiro atoms. The summed E-state index contributed by atoms with van der Waals surface area (Å²) in [6, 6.07) is 20.5. The molecule has 6 aromatic rings. The van der Waals surface area contributed by atoms with Gasteiger partial charge in [-0.2, -0.15) is 0 Å². The van der Waals surface area contributed by atoms with Gasteiger partial charge in [-0.3, -0.25) is 23.8 Å². The van der Waals surface area contributed by atoms with Crippen LogP contribution >= 0.6 is 11.6 Å². The molecule has 9 nitrogen and oxygen atoms in total. The van der Waals surface area contributed by atoms with Gasteiger partial charge in [-0.15, -0.1) is 0 Å². The molecule has 0 aliphatic heterocycles. The van der Waals surface area contributed by atoms with Gasteiger partial charge in [0, 0.05) is 35.4 Å². The van der Waals surface area contributed by atoms with Crippen LogP contribution in [0.3, 0.4) is 0 Å². The number of pyridine rings is 2. The van der Waals surface area contributed by atoms with Crippen molar-refractivity contribution in [1.82, 2.24) is 14.4 Å². The molecule has 236 valence electrons. The number of carbonyl (C=O) groups excluding carboxylic acids is 2. The van der Waals surface area contributed by atoms with Gasteiger partial charge in [0.1, 0.15) is 30.4 Å². The standard InChI is InChI=1S/C38H27ClN4O5/c1-23-31(26-10-11-43-37(15-26)42-17-29(20-45)38(43)46)6-4-7-32(23)33-8-5-9-35(24(33)2)48-22-28-14-36(27(19-44)13-34(28)39)47-21-25-12-30(40-3)18-41-16-25/h4-20H,21-22H2,1-2H3. The molecule has 0 saturated heterocycles. The quantitative estimate of drug-likeness (QED) is 0.109. The number of ether oxygens (including phenoxy) is 2. The average molecular weight is 655 g/mol. The molecule has 3 aromatic carbocycles. The number of carbonyl (C=O) groups is 2. The molecule has 48 heavy (non-hydrogen) atoms. The van der Waals surface area contributed by atoms with E-state index in [1.54, 1.807) is 30.6 Å². The largest absolute Gasteiger partial charge is 0.489 e. The van der Waals surface area contributed by atoms with Crippen molar-refractivity contribution in [1.29, 1.82) is 0 Å². The van der Waals surface area contributed by atoms with Crippen LogP contribution in [0.4, 0.5) is 5.69 Å². The third-order valence-corrected chi connectivity index (χ3v) is 8.43. The average Bonchev–Trinajstić information content (AvgIpc) is 3.11. The molecule has 0 aliphatic rings. The summed E-state index contributed by atoms with van der Waals surface area (Å²) in [6.45, 7) is 11.5. The number of aromatic nitrogens is 3. The van der Waals surface area contributed by atoms with Crippen LogP contribution in [0.2, 0.25) is 5.02 Å². The van der Waals surface area contributed by atoms with Gasteiger partial charge in [0.15, 0.2) is 12.6 Å². The maximum atomic E-state index is 12.5. The van der Waals surface area contributed by atoms with Crippen LogP contribution < -0.4 is 15.0 Å². The van der Waals surface area contributed by atoms with Crippen molar-refractivity contribution in [3.8, 4) is 33.8 Å². The summed E-state index contributed by atoms with van der Waals surface area (Å²) in [4.78, 5) is 47.3. The Kier molecular flexibility index (Phi) is 9.10. The molecule has 3 heterocycles. The monoisotopic (exact) mass is 654 g/mol. The van der Waals surface area contributed by atoms with Crippen molar-refractivity contribution in [2.45, 2.75) is 27.1 Å². The highest BCUT2D eigenvalue weighted by Crippen LogP contribution is 2.37. The molecule has 3 aromatic heterocycles. The van der Waals surface area contributed by atoms with Gasteiger partial charge in [0.25, 0.3) is 5.56 Å². The van der Waals surface area contributed by atoms with Crippen molar-refractivity contribution in [3.63, 3.8) is 0 Å². The number of nitrogens with zero attached hydrogens (tertiary/aromatic N) is 4. The molecule has 0 unspecified atom stereocenters. The Bertz CT molecular complexity index is 2330. The zero-order chi connectivity index (χ0) is 33.8. The third-order valence-electron chi connectivity index (χ3n) is 8.08. The van der Waals surface area contributed by atoms with Gasteiger partial charge in [0.2, 0.25) is 5.69 Å². The Hall–Kier alpha value is -6.11. The molecule has 0 radical (unpaired) electrons. The maximum absolute atomic E-state index is 12.5. The fourth-order valence-electron chi connectivity index (χ4n) is 5.51. The fourth-order valence-corrected chi connectivity index (χ4v) is 5.74. The molecule has 0 fully saturated rings. The number of benzene rings is 3. The lowest BCUT2D eigenvalue weighted by Gasteiger charge is -2.17. The maximum Gasteiger partial charge on any atom is 0.268 e. The highest BCUT2D eigenvalue weighted by molar-refractivity contribution is 6.31. The minimum absolute atomic E-state index is 0.00243. The van der Waals surface area contributed by atoms with Gasteiger partial charge < -0.3 is 9.47 Å². The normalized spacial score (nSPS) is 10.8. The molecular formula is C38H27ClN4O5. The molecule has 6 rings (SSSR count). The van der Waals surface area contributed by atoms with E-state index in [0.29, 0.717) is 57.1 Å². The van der Waals surface area contributed by atoms with Gasteiger partial charge in [-0.05, 0) is 89.2 Å². The molecule has 10 heteroatoms. The van der Waals surface area contributed by atoms with E-state index in [1.165, 1.54) is 16.8 Å². The second-order valence-corrected chi connectivity index (χ2v) is 11.4. The smallest absolute Gasteiger partial charge is 0.268 e. The van der Waals surface area contributed by atoms with E-state index in [1.807, 2.05) is 62.4 Å². The van der Waals surface area contributed by atoms with E-state index in [-0.39, 0.29) is 18.8 Å². The topological polar surface area (TPSA) is 104 Å². The first-order chi connectivity index (χ1) is 23.3. The van der Waals surface area contributed by atoms with Gasteiger partial charge in [0.05, 0.1) is 17.7 Å². The van der Waals surface area contributed by atoms with Crippen LogP contribution in [0, 0.1) is 20.4 Å². The first-order valence-corrected chi connectivity index (χ1v) is 15.2. The molecule has 0 bridgehead atoms. The summed E-state index contributed by atoms with van der Waals surface area (Å²) in [6.07, 6.45) is 7.19. The lowest BCUT2D eigenvalue weighted by atomic mass is 9.91. The fraction of sp³-hybridized carbons (Fsp3) is 0.105. The van der Waals surface area contributed by atoms with Crippen LogP contribution in [0.1, 0.15) is 43.0 Å². The van der Waals surface area contributed by atoms with E-state index < -0.39 is 5.56 Å². The first kappa shape index (κ1) is 31.9. The highest BCUT2D eigenvalue weighted by Gasteiger charge is 2.16. The zero-order valence-electron chi connectivity index (χ0n) is 25.9. The molecule has 0 N–H and O–H groups in total. The Morgan fingerprint density at radius 3 is 2.33 bits per heavy atom. The molecular weight excluding hydrogens is 628 g/mol. The van der Waals surface area contributed by atoms with Crippen molar-refractivity contribution in [3.05, 3.63) is 152 Å². The molecule has 0 aliphatic carbocycles. The number of fused-ring (bicyclic) bond motifs is 1. The zero-order valence-corrected chi connectivity index (χ0v) is 26.7. The highest BCUT2D eigenvalue weighted by atomic mass is 35.5. The molecule has 0 amide bonds. The van der Waals surface area contributed by atoms with Crippen LogP contribution in [-0.2, 0) is 13.2 Å². The molecule has 0 atom stereocenters. The summed E-state index contributed by atoms with van der Waals surface area (Å²) < 4.78 is 13.6. The number of aldehydes is 2. The second kappa shape index (κ2) is 13.7. The Balaban J connectivity index is 1.26. The molecule has 0 saturated carbocycles. The second-order valence-electron chi connectivity index (χ2n) is 11.0. The Morgan fingerprint density at radius 1 is 0.833 bits per heavy atom. The Labute approximate surface area is 280 Å². The summed E-state index contributed by atoms with van der Waals surface area (Å²) in [5, 5.41) is 0.369. The van der Waals surface area contributed by atoms with Crippen molar-refractivity contribution in [2.75, 3.05) is 0 Å². The predicted molar refractivity (Wildman–Crippen MR) is 183 cm³/mol. The summed E-state index contributed by atoms with van der Waals surface area (Å²) >= 11 is 6.55. The van der Waals surface area contributed by atoms with Crippen molar-refractivity contribution >= 4 is 35.5 Å². The van der Waals surface area contributed by atoms with E-state index in [2.05, 4.69) is 14.8 Å². The number of hydrogen-bond donors (Lipinski definition) is 0. The Morgan fingerprint density at radius 2 is 1.56 bits per heavy atom. The van der Waals surface area contributed by atoms with E-state index >= 15 is 0 Å². The van der Waals surface area contributed by atoms with Crippen molar-refractivity contribution < 1.29 is 19.1 Å². The number of hydrogen-bond acceptors (Lipinski definition) is 7. The lowest BCUT2D eigenvalue weighted by molar-refractivity contribution is 0.111. The predicted octanol–water partition coefficient (Wildman–Crippen LogP) is 8.03. The van der Waals surface area contributed by atoms with Gasteiger partial charge in [-0.1, -0.05) is 41.9 Å². The summed E-state index contributed by atoms with van der Waals surface area (Å²) in [5.74, 6) is 1.01. The van der Waals surface area contributed by atoms with Gasteiger partial charge >= 0.3 is 0 Å². The van der Waals surface area contributed by atoms with Crippen LogP contribution in [0.25, 0.3) is 32.7 Å². The van der Waals surface area contributed by atoms with Crippen molar-refractivity contribution in [2.24, 2.45) is 0 Å². The van der Waals surface area contributed by atoms with Crippen LogP contribution in [-0.4, -0.2) is 26.9 Å². The van der Waals surface area contributed by atoms with E-state index in [4.69, 9.17) is 27.6 Å². The minimum atomic E-state index is -0.412. The van der Waals surface area contributed by atoms with Crippen LogP contribution in [0.15, 0.2) is 96.3 Å². The summed E-state index contributed by atoms with van der Waals surface area (Å²) in [7, 11) is 0. The number of rotatable bonds is 10. The lowest BCUT2D eigenvalue weighted by Crippen LogP contribution is -2.18. The van der Waals surface area contributed by atoms with Gasteiger partial charge in [-0.25, -0.2) is 9.83 Å². The third kappa shape index (κ3) is 6.30. The SMILES string of the molecule is [C-]#[N+]c1cncc(COc2cc(COc3cccc(-c4cccc(-c5ccn6c(=O)c(C=O)cnc6c5)c4C)c3C)c(Cl)cc2C=O)c1. The minimum Gasteiger partial charge on any atom is -0.489 e. The van der Waals surface area contributed by atoms with E-state index in [0.717, 1.165) is 33.4 Å². The summed E-state index contributed by atoms with van der Waals surface area (Å²) in [5.41, 5.74) is 7.87.